The van der Waals surface area contributed by atoms with Crippen molar-refractivity contribution in [3.8, 4) is 5.75 Å². The minimum absolute atomic E-state index is 0.0779. The van der Waals surface area contributed by atoms with Gasteiger partial charge in [0.2, 0.25) is 0 Å². The van der Waals surface area contributed by atoms with Crippen LogP contribution in [0.2, 0.25) is 0 Å². The molecule has 1 rings (SSSR count). The summed E-state index contributed by atoms with van der Waals surface area (Å²) in [6.45, 7) is 3.29. The minimum atomic E-state index is -0.390. The lowest BCUT2D eigenvalue weighted by Crippen LogP contribution is -2.17. The van der Waals surface area contributed by atoms with Crippen molar-refractivity contribution in [3.05, 3.63) is 29.3 Å². The van der Waals surface area contributed by atoms with Crippen molar-refractivity contribution in [3.63, 3.8) is 0 Å². The molecule has 0 bridgehead atoms. The zero-order valence-electron chi connectivity index (χ0n) is 10.8. The molecular formula is C13H22N2O2. The van der Waals surface area contributed by atoms with E-state index in [4.69, 9.17) is 15.6 Å². The van der Waals surface area contributed by atoms with E-state index in [1.807, 2.05) is 39.2 Å². The van der Waals surface area contributed by atoms with Gasteiger partial charge in [-0.15, -0.1) is 0 Å². The molecule has 1 aromatic carbocycles. The lowest BCUT2D eigenvalue weighted by atomic mass is 10.0. The molecule has 3 N–H and O–H groups in total. The Balaban J connectivity index is 3.00. The van der Waals surface area contributed by atoms with Gasteiger partial charge in [-0.05, 0) is 38.7 Å². The number of nitrogens with zero attached hydrogens (tertiary/aromatic N) is 1. The molecule has 0 heterocycles. The zero-order chi connectivity index (χ0) is 12.8. The van der Waals surface area contributed by atoms with Crippen LogP contribution in [0.25, 0.3) is 0 Å². The van der Waals surface area contributed by atoms with E-state index >= 15 is 0 Å². The maximum absolute atomic E-state index is 9.16. The van der Waals surface area contributed by atoms with E-state index in [-0.39, 0.29) is 6.61 Å². The van der Waals surface area contributed by atoms with Crippen LogP contribution in [0.3, 0.4) is 0 Å². The van der Waals surface area contributed by atoms with E-state index in [2.05, 4.69) is 4.90 Å². The molecular weight excluding hydrogens is 216 g/mol. The lowest BCUT2D eigenvalue weighted by Gasteiger charge is -2.17. The highest BCUT2D eigenvalue weighted by Crippen LogP contribution is 2.25. The number of benzene rings is 1. The highest BCUT2D eigenvalue weighted by molar-refractivity contribution is 5.39. The molecule has 17 heavy (non-hydrogen) atoms. The van der Waals surface area contributed by atoms with Gasteiger partial charge in [-0.3, -0.25) is 0 Å². The standard InChI is InChI=1S/C13H22N2O2/c1-4-17-13-6-5-10(8-15(2)3)7-11(13)12(14)9-16/h5-7,12,16H,4,8-9,14H2,1-3H3/t12-/m1/s1. The van der Waals surface area contributed by atoms with Gasteiger partial charge in [-0.1, -0.05) is 6.07 Å². The van der Waals surface area contributed by atoms with E-state index in [0.717, 1.165) is 23.4 Å². The second-order valence-electron chi connectivity index (χ2n) is 4.33. The zero-order valence-corrected chi connectivity index (χ0v) is 10.8. The SMILES string of the molecule is CCOc1ccc(CN(C)C)cc1[C@H](N)CO. The number of hydrogen-bond donors (Lipinski definition) is 2. The van der Waals surface area contributed by atoms with Gasteiger partial charge in [0.1, 0.15) is 5.75 Å². The molecule has 0 amide bonds. The van der Waals surface area contributed by atoms with Gasteiger partial charge in [0.15, 0.2) is 0 Å². The van der Waals surface area contributed by atoms with Crippen molar-refractivity contribution in [2.45, 2.75) is 19.5 Å². The third-order valence-corrected chi connectivity index (χ3v) is 2.47. The maximum atomic E-state index is 9.16. The fourth-order valence-electron chi connectivity index (χ4n) is 1.74. The first-order valence-corrected chi connectivity index (χ1v) is 5.85. The summed E-state index contributed by atoms with van der Waals surface area (Å²) in [4.78, 5) is 2.09. The van der Waals surface area contributed by atoms with Crippen LogP contribution in [0, 0.1) is 0 Å². The number of hydrogen-bond acceptors (Lipinski definition) is 4. The van der Waals surface area contributed by atoms with E-state index in [1.54, 1.807) is 0 Å². The van der Waals surface area contributed by atoms with Crippen molar-refractivity contribution in [2.75, 3.05) is 27.3 Å². The quantitative estimate of drug-likeness (QED) is 0.780. The van der Waals surface area contributed by atoms with E-state index in [9.17, 15) is 0 Å². The van der Waals surface area contributed by atoms with Crippen LogP contribution >= 0.6 is 0 Å². The van der Waals surface area contributed by atoms with Gasteiger partial charge in [-0.2, -0.15) is 0 Å². The van der Waals surface area contributed by atoms with Gasteiger partial charge < -0.3 is 20.5 Å². The average molecular weight is 238 g/mol. The number of rotatable bonds is 6. The van der Waals surface area contributed by atoms with Crippen LogP contribution in [0.15, 0.2) is 18.2 Å². The Kier molecular flexibility index (Phi) is 5.41. The summed E-state index contributed by atoms with van der Waals surface area (Å²) in [5.41, 5.74) is 7.91. The molecule has 0 saturated carbocycles. The monoisotopic (exact) mass is 238 g/mol. The van der Waals surface area contributed by atoms with Crippen LogP contribution < -0.4 is 10.5 Å². The largest absolute Gasteiger partial charge is 0.494 e. The van der Waals surface area contributed by atoms with Crippen LogP contribution in [0.5, 0.6) is 5.75 Å². The summed E-state index contributed by atoms with van der Waals surface area (Å²) in [6.07, 6.45) is 0. The highest BCUT2D eigenvalue weighted by Gasteiger charge is 2.12. The van der Waals surface area contributed by atoms with Crippen LogP contribution in [0.1, 0.15) is 24.1 Å². The van der Waals surface area contributed by atoms with E-state index in [1.165, 1.54) is 0 Å². The summed E-state index contributed by atoms with van der Waals surface area (Å²) < 4.78 is 5.52. The average Bonchev–Trinajstić information content (AvgIpc) is 2.29. The van der Waals surface area contributed by atoms with Gasteiger partial charge in [0.25, 0.3) is 0 Å². The Labute approximate surface area is 103 Å². The third-order valence-electron chi connectivity index (χ3n) is 2.47. The molecule has 1 atom stereocenters. The molecule has 0 unspecified atom stereocenters. The van der Waals surface area contributed by atoms with Crippen molar-refractivity contribution in [1.29, 1.82) is 0 Å². The molecule has 0 aliphatic rings. The van der Waals surface area contributed by atoms with Gasteiger partial charge in [0.05, 0.1) is 19.3 Å². The fraction of sp³-hybridized carbons (Fsp3) is 0.538. The Bertz CT molecular complexity index is 353. The van der Waals surface area contributed by atoms with E-state index < -0.39 is 6.04 Å². The molecule has 0 radical (unpaired) electrons. The van der Waals surface area contributed by atoms with Gasteiger partial charge in [0, 0.05) is 12.1 Å². The first-order valence-electron chi connectivity index (χ1n) is 5.85. The third kappa shape index (κ3) is 4.00. The molecule has 0 spiro atoms. The molecule has 4 heteroatoms. The fourth-order valence-corrected chi connectivity index (χ4v) is 1.74. The Morgan fingerprint density at radius 3 is 2.65 bits per heavy atom. The molecule has 1 aromatic rings. The molecule has 96 valence electrons. The second-order valence-corrected chi connectivity index (χ2v) is 4.33. The predicted molar refractivity (Wildman–Crippen MR) is 69.0 cm³/mol. The van der Waals surface area contributed by atoms with Gasteiger partial charge in [-0.25, -0.2) is 0 Å². The van der Waals surface area contributed by atoms with Gasteiger partial charge >= 0.3 is 0 Å². The first-order chi connectivity index (χ1) is 8.08. The van der Waals surface area contributed by atoms with Crippen molar-refractivity contribution in [2.24, 2.45) is 5.73 Å². The lowest BCUT2D eigenvalue weighted by molar-refractivity contribution is 0.261. The van der Waals surface area contributed by atoms with Crippen LogP contribution in [0.4, 0.5) is 0 Å². The van der Waals surface area contributed by atoms with E-state index in [0.29, 0.717) is 6.61 Å². The summed E-state index contributed by atoms with van der Waals surface area (Å²) in [6, 6.07) is 5.57. The topological polar surface area (TPSA) is 58.7 Å². The smallest absolute Gasteiger partial charge is 0.124 e. The molecule has 0 fully saturated rings. The molecule has 0 aromatic heterocycles. The normalized spacial score (nSPS) is 12.8. The second kappa shape index (κ2) is 6.59. The molecule has 0 aliphatic carbocycles. The van der Waals surface area contributed by atoms with Crippen LogP contribution in [-0.4, -0.2) is 37.3 Å². The van der Waals surface area contributed by atoms with Crippen molar-refractivity contribution in [1.82, 2.24) is 4.90 Å². The summed E-state index contributed by atoms with van der Waals surface area (Å²) in [5.74, 6) is 0.761. The first kappa shape index (κ1) is 14.0. The Morgan fingerprint density at radius 1 is 1.41 bits per heavy atom. The molecule has 0 saturated heterocycles. The van der Waals surface area contributed by atoms with Crippen molar-refractivity contribution < 1.29 is 9.84 Å². The van der Waals surface area contributed by atoms with Crippen molar-refractivity contribution >= 4 is 0 Å². The summed E-state index contributed by atoms with van der Waals surface area (Å²) in [7, 11) is 4.03. The molecule has 0 aliphatic heterocycles. The Morgan fingerprint density at radius 2 is 2.12 bits per heavy atom. The minimum Gasteiger partial charge on any atom is -0.494 e. The predicted octanol–water partition coefficient (Wildman–Crippen LogP) is 1.14. The number of nitrogens with two attached hydrogens (primary N) is 1. The maximum Gasteiger partial charge on any atom is 0.124 e. The molecule has 4 nitrogen and oxygen atoms in total. The van der Waals surface area contributed by atoms with Crippen LogP contribution in [-0.2, 0) is 6.54 Å². The summed E-state index contributed by atoms with van der Waals surface area (Å²) in [5, 5.41) is 9.16. The number of ether oxygens (including phenoxy) is 1. The summed E-state index contributed by atoms with van der Waals surface area (Å²) >= 11 is 0. The number of aliphatic hydroxyl groups excluding tert-OH is 1. The Hall–Kier alpha value is -1.10. The highest BCUT2D eigenvalue weighted by atomic mass is 16.5. The number of aliphatic hydroxyl groups is 1.